The van der Waals surface area contributed by atoms with Gasteiger partial charge in [-0.05, 0) is 44.7 Å². The molecule has 0 aliphatic heterocycles. The fraction of sp³-hybridized carbons (Fsp3) is 0.875. The Bertz CT molecular complexity index is 244. The zero-order valence-electron chi connectivity index (χ0n) is 14.2. The van der Waals surface area contributed by atoms with Gasteiger partial charge in [-0.1, -0.05) is 51.5 Å². The van der Waals surface area contributed by atoms with Gasteiger partial charge in [-0.2, -0.15) is 0 Å². The first-order valence-electron chi connectivity index (χ1n) is 8.05. The van der Waals surface area contributed by atoms with E-state index in [9.17, 15) is 0 Å². The van der Waals surface area contributed by atoms with Crippen LogP contribution in [0.5, 0.6) is 0 Å². The van der Waals surface area contributed by atoms with E-state index in [-0.39, 0.29) is 0 Å². The molecule has 0 rings (SSSR count). The molecule has 0 aliphatic carbocycles. The van der Waals surface area contributed by atoms with Gasteiger partial charge in [0.1, 0.15) is 0 Å². The number of rotatable bonds is 11. The molecule has 0 aromatic heterocycles. The molecule has 0 N–H and O–H groups in total. The predicted octanol–water partition coefficient (Wildman–Crippen LogP) is 6.35. The van der Waals surface area contributed by atoms with E-state index in [4.69, 9.17) is 4.12 Å². The number of allylic oxidation sites excluding steroid dienone is 1. The van der Waals surface area contributed by atoms with Crippen LogP contribution in [0.2, 0.25) is 38.3 Å². The number of hydrogen-bond donors (Lipinski definition) is 0. The second-order valence-electron chi connectivity index (χ2n) is 7.22. The Morgan fingerprint density at radius 3 is 1.95 bits per heavy atom. The van der Waals surface area contributed by atoms with Crippen LogP contribution in [0, 0.1) is 0 Å². The summed E-state index contributed by atoms with van der Waals surface area (Å²) in [6.45, 7) is 18.0. The maximum Gasteiger partial charge on any atom is 0.180 e. The molecule has 114 valence electrons. The van der Waals surface area contributed by atoms with Gasteiger partial charge in [0.25, 0.3) is 0 Å². The second kappa shape index (κ2) is 9.14. The van der Waals surface area contributed by atoms with E-state index in [1.165, 1.54) is 44.9 Å². The monoisotopic (exact) mass is 300 g/mol. The SMILES string of the molecule is C=CC(CCCCCCCC)[Si](C)(C)O[Si](C)(C)C. The van der Waals surface area contributed by atoms with Gasteiger partial charge in [-0.15, -0.1) is 6.58 Å². The van der Waals surface area contributed by atoms with Crippen molar-refractivity contribution in [3.63, 3.8) is 0 Å². The molecule has 0 fully saturated rings. The Morgan fingerprint density at radius 2 is 1.47 bits per heavy atom. The highest BCUT2D eigenvalue weighted by molar-refractivity contribution is 6.85. The van der Waals surface area contributed by atoms with Gasteiger partial charge in [0.2, 0.25) is 0 Å². The highest BCUT2D eigenvalue weighted by atomic mass is 28.4. The van der Waals surface area contributed by atoms with Crippen molar-refractivity contribution < 1.29 is 4.12 Å². The molecular weight excluding hydrogens is 264 g/mol. The standard InChI is InChI=1S/C16H36OSi2/c1-8-10-11-12-13-14-15-16(9-2)19(6,7)17-18(3,4)5/h9,16H,2,8,10-15H2,1,3-7H3. The Balaban J connectivity index is 4.08. The highest BCUT2D eigenvalue weighted by Gasteiger charge is 2.35. The van der Waals surface area contributed by atoms with E-state index in [2.05, 4.69) is 52.3 Å². The van der Waals surface area contributed by atoms with Gasteiger partial charge in [0.15, 0.2) is 16.6 Å². The minimum atomic E-state index is -1.60. The predicted molar refractivity (Wildman–Crippen MR) is 93.9 cm³/mol. The van der Waals surface area contributed by atoms with Gasteiger partial charge in [0.05, 0.1) is 0 Å². The number of hydrogen-bond acceptors (Lipinski definition) is 1. The summed E-state index contributed by atoms with van der Waals surface area (Å²) in [5.41, 5.74) is 0.616. The van der Waals surface area contributed by atoms with Crippen LogP contribution in [0.1, 0.15) is 51.9 Å². The molecule has 3 heteroatoms. The molecule has 0 spiro atoms. The fourth-order valence-corrected chi connectivity index (χ4v) is 11.1. The summed E-state index contributed by atoms with van der Waals surface area (Å²) in [5.74, 6) is 0. The van der Waals surface area contributed by atoms with E-state index in [1.54, 1.807) is 0 Å². The largest absolute Gasteiger partial charge is 0.455 e. The van der Waals surface area contributed by atoms with Crippen LogP contribution in [-0.4, -0.2) is 16.6 Å². The molecule has 0 heterocycles. The number of unbranched alkanes of at least 4 members (excludes halogenated alkanes) is 5. The Labute approximate surface area is 124 Å². The second-order valence-corrected chi connectivity index (χ2v) is 16.2. The van der Waals surface area contributed by atoms with Crippen LogP contribution in [0.25, 0.3) is 0 Å². The average Bonchev–Trinajstić information content (AvgIpc) is 2.24. The summed E-state index contributed by atoms with van der Waals surface area (Å²) in [6.07, 6.45) is 11.7. The molecule has 0 amide bonds. The quantitative estimate of drug-likeness (QED) is 0.245. The molecule has 0 aliphatic rings. The maximum absolute atomic E-state index is 6.48. The zero-order chi connectivity index (χ0) is 14.9. The first kappa shape index (κ1) is 19.1. The molecule has 0 aromatic carbocycles. The summed E-state index contributed by atoms with van der Waals surface area (Å²) in [4.78, 5) is 0. The maximum atomic E-state index is 6.48. The summed E-state index contributed by atoms with van der Waals surface area (Å²) in [5, 5.41) is 0. The van der Waals surface area contributed by atoms with Crippen molar-refractivity contribution in [3.05, 3.63) is 12.7 Å². The van der Waals surface area contributed by atoms with Crippen molar-refractivity contribution in [2.45, 2.75) is 90.1 Å². The van der Waals surface area contributed by atoms with E-state index in [0.29, 0.717) is 5.54 Å². The zero-order valence-corrected chi connectivity index (χ0v) is 16.2. The van der Waals surface area contributed by atoms with Crippen LogP contribution in [0.15, 0.2) is 12.7 Å². The van der Waals surface area contributed by atoms with E-state index < -0.39 is 16.6 Å². The lowest BCUT2D eigenvalue weighted by atomic mass is 10.1. The van der Waals surface area contributed by atoms with Gasteiger partial charge < -0.3 is 4.12 Å². The molecule has 1 atom stereocenters. The molecule has 0 aromatic rings. The Morgan fingerprint density at radius 1 is 0.947 bits per heavy atom. The molecule has 0 saturated heterocycles. The van der Waals surface area contributed by atoms with Crippen LogP contribution < -0.4 is 0 Å². The summed E-state index contributed by atoms with van der Waals surface area (Å²) < 4.78 is 6.48. The van der Waals surface area contributed by atoms with E-state index in [0.717, 1.165) is 0 Å². The van der Waals surface area contributed by atoms with E-state index >= 15 is 0 Å². The summed E-state index contributed by atoms with van der Waals surface area (Å²) in [7, 11) is -3.02. The van der Waals surface area contributed by atoms with Crippen LogP contribution in [0.4, 0.5) is 0 Å². The topological polar surface area (TPSA) is 9.23 Å². The lowest BCUT2D eigenvalue weighted by Gasteiger charge is -2.36. The van der Waals surface area contributed by atoms with Crippen molar-refractivity contribution in [1.29, 1.82) is 0 Å². The average molecular weight is 301 g/mol. The minimum absolute atomic E-state index is 0.616. The van der Waals surface area contributed by atoms with Gasteiger partial charge in [0, 0.05) is 0 Å². The van der Waals surface area contributed by atoms with Crippen molar-refractivity contribution in [3.8, 4) is 0 Å². The van der Waals surface area contributed by atoms with Crippen LogP contribution in [0.3, 0.4) is 0 Å². The third-order valence-corrected chi connectivity index (χ3v) is 10.5. The van der Waals surface area contributed by atoms with Crippen molar-refractivity contribution in [2.24, 2.45) is 0 Å². The lowest BCUT2D eigenvalue weighted by Crippen LogP contribution is -2.45. The third kappa shape index (κ3) is 9.63. The Kier molecular flexibility index (Phi) is 9.20. The Hall–Kier alpha value is 0.134. The van der Waals surface area contributed by atoms with Crippen LogP contribution >= 0.6 is 0 Å². The van der Waals surface area contributed by atoms with Crippen molar-refractivity contribution in [1.82, 2.24) is 0 Å². The summed E-state index contributed by atoms with van der Waals surface area (Å²) >= 11 is 0. The van der Waals surface area contributed by atoms with E-state index in [1.807, 2.05) is 0 Å². The van der Waals surface area contributed by atoms with Crippen LogP contribution in [-0.2, 0) is 4.12 Å². The molecule has 19 heavy (non-hydrogen) atoms. The molecule has 0 bridgehead atoms. The normalized spacial score (nSPS) is 14.4. The van der Waals surface area contributed by atoms with Gasteiger partial charge in [-0.25, -0.2) is 0 Å². The first-order chi connectivity index (χ1) is 8.73. The first-order valence-corrected chi connectivity index (χ1v) is 14.4. The molecular formula is C16H36OSi2. The van der Waals surface area contributed by atoms with Gasteiger partial charge in [-0.3, -0.25) is 0 Å². The molecule has 1 nitrogen and oxygen atoms in total. The molecule has 0 saturated carbocycles. The minimum Gasteiger partial charge on any atom is -0.455 e. The van der Waals surface area contributed by atoms with Crippen molar-refractivity contribution >= 4 is 16.6 Å². The lowest BCUT2D eigenvalue weighted by molar-refractivity contribution is 0.516. The highest BCUT2D eigenvalue weighted by Crippen LogP contribution is 2.32. The van der Waals surface area contributed by atoms with Gasteiger partial charge >= 0.3 is 0 Å². The third-order valence-electron chi connectivity index (χ3n) is 3.62. The molecule has 1 unspecified atom stereocenters. The molecule has 0 radical (unpaired) electrons. The fourth-order valence-electron chi connectivity index (χ4n) is 2.76. The smallest absolute Gasteiger partial charge is 0.180 e. The van der Waals surface area contributed by atoms with Crippen molar-refractivity contribution in [2.75, 3.05) is 0 Å². The summed E-state index contributed by atoms with van der Waals surface area (Å²) in [6, 6.07) is 0.